The predicted molar refractivity (Wildman–Crippen MR) is 110 cm³/mol. The van der Waals surface area contributed by atoms with E-state index in [0.29, 0.717) is 17.3 Å². The van der Waals surface area contributed by atoms with Gasteiger partial charge in [0.15, 0.2) is 0 Å². The van der Waals surface area contributed by atoms with Crippen molar-refractivity contribution >= 4 is 58.7 Å². The molecule has 3 aromatic rings. The van der Waals surface area contributed by atoms with Gasteiger partial charge in [0.2, 0.25) is 0 Å². The largest absolute Gasteiger partial charge is 0.508 e. The molecule has 25 heavy (non-hydrogen) atoms. The van der Waals surface area contributed by atoms with Crippen LogP contribution >= 0.6 is 36.4 Å². The van der Waals surface area contributed by atoms with Crippen LogP contribution in [0.2, 0.25) is 5.02 Å². The maximum Gasteiger partial charge on any atom is 0.120 e. The van der Waals surface area contributed by atoms with Crippen molar-refractivity contribution in [1.82, 2.24) is 10.3 Å². The van der Waals surface area contributed by atoms with Gasteiger partial charge in [-0.05, 0) is 49.0 Å². The number of halogens is 3. The Labute approximate surface area is 164 Å². The van der Waals surface area contributed by atoms with Gasteiger partial charge in [0.25, 0.3) is 0 Å². The van der Waals surface area contributed by atoms with Crippen LogP contribution in [0.15, 0.2) is 48.7 Å². The number of aromatic nitrogens is 1. The Bertz CT molecular complexity index is 843. The molecule has 0 atom stereocenters. The summed E-state index contributed by atoms with van der Waals surface area (Å²) < 4.78 is 0. The fourth-order valence-corrected chi connectivity index (χ4v) is 2.62. The third kappa shape index (κ3) is 5.13. The van der Waals surface area contributed by atoms with Crippen LogP contribution in [0.4, 0.5) is 11.4 Å². The van der Waals surface area contributed by atoms with Crippen LogP contribution in [-0.2, 0) is 6.54 Å². The molecule has 0 saturated heterocycles. The summed E-state index contributed by atoms with van der Waals surface area (Å²) in [6.45, 7) is 3.52. The van der Waals surface area contributed by atoms with Crippen LogP contribution in [0.3, 0.4) is 0 Å². The highest BCUT2D eigenvalue weighted by molar-refractivity contribution is 6.31. The lowest BCUT2D eigenvalue weighted by atomic mass is 10.1. The molecular weight excluding hydrogens is 381 g/mol. The molecule has 0 saturated carbocycles. The molecule has 3 rings (SSSR count). The van der Waals surface area contributed by atoms with Crippen molar-refractivity contribution in [3.8, 4) is 5.75 Å². The van der Waals surface area contributed by atoms with E-state index in [9.17, 15) is 5.11 Å². The minimum Gasteiger partial charge on any atom is -0.508 e. The minimum absolute atomic E-state index is 0. The number of nitrogens with zero attached hydrogens (tertiary/aromatic N) is 1. The number of phenolic OH excluding ortho intramolecular Hbond substituents is 1. The van der Waals surface area contributed by atoms with Crippen molar-refractivity contribution in [1.29, 1.82) is 0 Å². The number of benzene rings is 2. The first kappa shape index (κ1) is 21.3. The van der Waals surface area contributed by atoms with E-state index >= 15 is 0 Å². The van der Waals surface area contributed by atoms with Gasteiger partial charge < -0.3 is 15.7 Å². The highest BCUT2D eigenvalue weighted by atomic mass is 35.5. The van der Waals surface area contributed by atoms with Crippen molar-refractivity contribution in [2.45, 2.75) is 13.5 Å². The van der Waals surface area contributed by atoms with E-state index in [1.807, 2.05) is 43.3 Å². The standard InChI is InChI=1S/C18H18ClN3O.2ClH/c1-2-20-11-12-9-14(4-6-18(12)23)22-16-7-8-21-17-10-13(19)3-5-15(16)17;;/h3-10,20,23H,2,11H2,1H3,(H,21,22);2*1H. The van der Waals surface area contributed by atoms with Gasteiger partial charge in [0.1, 0.15) is 5.75 Å². The van der Waals surface area contributed by atoms with E-state index in [0.717, 1.165) is 34.4 Å². The summed E-state index contributed by atoms with van der Waals surface area (Å²) in [5.41, 5.74) is 3.57. The molecule has 7 heteroatoms. The molecule has 0 amide bonds. The highest BCUT2D eigenvalue weighted by Crippen LogP contribution is 2.29. The molecule has 0 radical (unpaired) electrons. The van der Waals surface area contributed by atoms with Crippen LogP contribution in [0.5, 0.6) is 5.75 Å². The van der Waals surface area contributed by atoms with Crippen LogP contribution < -0.4 is 10.6 Å². The molecule has 4 nitrogen and oxygen atoms in total. The lowest BCUT2D eigenvalue weighted by Gasteiger charge is -2.12. The van der Waals surface area contributed by atoms with Gasteiger partial charge in [-0.25, -0.2) is 0 Å². The van der Waals surface area contributed by atoms with Gasteiger partial charge in [-0.1, -0.05) is 18.5 Å². The van der Waals surface area contributed by atoms with Crippen LogP contribution in [0.25, 0.3) is 10.9 Å². The monoisotopic (exact) mass is 399 g/mol. The maximum absolute atomic E-state index is 9.94. The van der Waals surface area contributed by atoms with E-state index in [-0.39, 0.29) is 24.8 Å². The van der Waals surface area contributed by atoms with Crippen molar-refractivity contribution in [3.05, 3.63) is 59.2 Å². The lowest BCUT2D eigenvalue weighted by Crippen LogP contribution is -2.11. The number of phenols is 1. The molecule has 0 fully saturated rings. The topological polar surface area (TPSA) is 57.2 Å². The Balaban J connectivity index is 0.00000156. The summed E-state index contributed by atoms with van der Waals surface area (Å²) in [5.74, 6) is 0.294. The number of hydrogen-bond acceptors (Lipinski definition) is 4. The first-order valence-corrected chi connectivity index (χ1v) is 7.89. The Kier molecular flexibility index (Phi) is 8.26. The zero-order chi connectivity index (χ0) is 16.2. The van der Waals surface area contributed by atoms with Gasteiger partial charge in [-0.2, -0.15) is 0 Å². The van der Waals surface area contributed by atoms with Gasteiger partial charge in [-0.15, -0.1) is 24.8 Å². The summed E-state index contributed by atoms with van der Waals surface area (Å²) in [7, 11) is 0. The molecular formula is C18H20Cl3N3O. The molecule has 0 aliphatic heterocycles. The van der Waals surface area contributed by atoms with Crippen molar-refractivity contribution in [3.63, 3.8) is 0 Å². The second kappa shape index (κ2) is 9.68. The van der Waals surface area contributed by atoms with Gasteiger partial charge in [0, 0.05) is 40.1 Å². The Morgan fingerprint density at radius 2 is 1.88 bits per heavy atom. The Morgan fingerprint density at radius 1 is 1.08 bits per heavy atom. The van der Waals surface area contributed by atoms with Crippen molar-refractivity contribution in [2.75, 3.05) is 11.9 Å². The fraction of sp³-hybridized carbons (Fsp3) is 0.167. The lowest BCUT2D eigenvalue weighted by molar-refractivity contribution is 0.465. The first-order valence-electron chi connectivity index (χ1n) is 7.51. The molecule has 3 N–H and O–H groups in total. The number of anilines is 2. The number of aromatic hydroxyl groups is 1. The fourth-order valence-electron chi connectivity index (χ4n) is 2.45. The third-order valence-corrected chi connectivity index (χ3v) is 3.86. The normalized spacial score (nSPS) is 10.0. The number of fused-ring (bicyclic) bond motifs is 1. The van der Waals surface area contributed by atoms with E-state index in [2.05, 4.69) is 15.6 Å². The number of hydrogen-bond donors (Lipinski definition) is 3. The minimum atomic E-state index is 0. The second-order valence-electron chi connectivity index (χ2n) is 5.27. The van der Waals surface area contributed by atoms with E-state index < -0.39 is 0 Å². The number of pyridine rings is 1. The summed E-state index contributed by atoms with van der Waals surface area (Å²) in [4.78, 5) is 4.34. The second-order valence-corrected chi connectivity index (χ2v) is 5.71. The first-order chi connectivity index (χ1) is 11.2. The van der Waals surface area contributed by atoms with E-state index in [1.54, 1.807) is 12.3 Å². The Hall–Kier alpha value is -1.72. The van der Waals surface area contributed by atoms with Crippen LogP contribution in [-0.4, -0.2) is 16.6 Å². The maximum atomic E-state index is 9.94. The van der Waals surface area contributed by atoms with Crippen molar-refractivity contribution in [2.24, 2.45) is 0 Å². The summed E-state index contributed by atoms with van der Waals surface area (Å²) in [6.07, 6.45) is 1.75. The molecule has 0 aliphatic carbocycles. The summed E-state index contributed by atoms with van der Waals surface area (Å²) in [6, 6.07) is 13.1. The molecule has 0 bridgehead atoms. The highest BCUT2D eigenvalue weighted by Gasteiger charge is 2.06. The average Bonchev–Trinajstić information content (AvgIpc) is 2.55. The van der Waals surface area contributed by atoms with Gasteiger partial charge in [0.05, 0.1) is 5.52 Å². The van der Waals surface area contributed by atoms with Crippen LogP contribution in [0, 0.1) is 0 Å². The van der Waals surface area contributed by atoms with Crippen LogP contribution in [0.1, 0.15) is 12.5 Å². The van der Waals surface area contributed by atoms with Crippen molar-refractivity contribution < 1.29 is 5.11 Å². The Morgan fingerprint density at radius 3 is 2.64 bits per heavy atom. The van der Waals surface area contributed by atoms with E-state index in [1.165, 1.54) is 0 Å². The smallest absolute Gasteiger partial charge is 0.120 e. The molecule has 0 unspecified atom stereocenters. The molecule has 1 aromatic heterocycles. The van der Waals surface area contributed by atoms with Gasteiger partial charge >= 0.3 is 0 Å². The molecule has 0 spiro atoms. The molecule has 1 heterocycles. The predicted octanol–water partition coefficient (Wildman–Crippen LogP) is 5.29. The molecule has 134 valence electrons. The third-order valence-electron chi connectivity index (χ3n) is 3.63. The summed E-state index contributed by atoms with van der Waals surface area (Å²) >= 11 is 6.02. The van der Waals surface area contributed by atoms with Gasteiger partial charge in [-0.3, -0.25) is 4.98 Å². The average molecular weight is 401 g/mol. The number of rotatable bonds is 5. The quantitative estimate of drug-likeness (QED) is 0.509. The number of nitrogens with one attached hydrogen (secondary N) is 2. The molecule has 2 aromatic carbocycles. The molecule has 0 aliphatic rings. The summed E-state index contributed by atoms with van der Waals surface area (Å²) in [5, 5.41) is 18.2. The zero-order valence-corrected chi connectivity index (χ0v) is 16.0. The zero-order valence-electron chi connectivity index (χ0n) is 13.6. The SMILES string of the molecule is CCNCc1cc(Nc2ccnc3cc(Cl)ccc23)ccc1O.Cl.Cl. The van der Waals surface area contributed by atoms with E-state index in [4.69, 9.17) is 11.6 Å².